The molecule has 0 aromatic heterocycles. The van der Waals surface area contributed by atoms with Gasteiger partial charge in [0.1, 0.15) is 0 Å². The lowest BCUT2D eigenvalue weighted by Gasteiger charge is -2.47. The summed E-state index contributed by atoms with van der Waals surface area (Å²) in [4.78, 5) is 4.99. The number of aliphatic hydroxyl groups is 1. The summed E-state index contributed by atoms with van der Waals surface area (Å²) in [6, 6.07) is 10.7. The van der Waals surface area contributed by atoms with Crippen LogP contribution >= 0.6 is 34.8 Å². The SMILES string of the molecule is [2H]C1([2H])CNCC(C)(C)C1.[2H]c1c([2H])c([2H])c([C@@H]2C[C@@H](N3CC([2H])([2H])CC(C)(C)C3)c3cc(Cl)ccc32)c([2H])c1[2H].[2H]c1c([2H])c([2H])c([C@@H]2C[C@@H](N3CC([2H])([2H])N(C([2H])([2H])[2H])C(C)(C)C3)c3cc(Cl)ccc32)c([2H])c1[2H].[2H]c1c([2H])c([2H])c([C@@H]2C[C@H](O)c3cc(Cl)ccc32)c([2H])c1[2H]. The van der Waals surface area contributed by atoms with Crippen molar-refractivity contribution in [1.29, 1.82) is 0 Å². The van der Waals surface area contributed by atoms with Crippen LogP contribution in [-0.2, 0) is 0 Å². The number of fused-ring (bicyclic) bond motifs is 3. The Hall–Kier alpha value is -4.01. The number of aliphatic hydroxyl groups excluding tert-OH is 1. The zero-order chi connectivity index (χ0) is 73.1. The van der Waals surface area contributed by atoms with E-state index in [0.29, 0.717) is 65.0 Å². The molecule has 2 N–H and O–H groups in total. The molecule has 3 fully saturated rings. The van der Waals surface area contributed by atoms with Crippen LogP contribution in [0.4, 0.5) is 0 Å². The molecule has 392 valence electrons. The number of likely N-dealkylation sites (tertiary alicyclic amines) is 1. The smallest absolute Gasteiger partial charge is 0.0802 e. The molecule has 3 saturated heterocycles. The molecule has 0 amide bonds. The minimum Gasteiger partial charge on any atom is -0.388 e. The molecule has 8 heteroatoms. The fraction of sp³-hybridized carbons (Fsp3) is 0.455. The zero-order valence-electron chi connectivity index (χ0n) is 66.9. The van der Waals surface area contributed by atoms with Crippen LogP contribution in [0.25, 0.3) is 0 Å². The summed E-state index contributed by atoms with van der Waals surface area (Å²) in [5.74, 6) is -1.33. The minimum atomic E-state index is -2.62. The summed E-state index contributed by atoms with van der Waals surface area (Å²) in [6.07, 6.45) is -0.762. The van der Waals surface area contributed by atoms with Crippen molar-refractivity contribution in [3.8, 4) is 0 Å². The predicted molar refractivity (Wildman–Crippen MR) is 312 cm³/mol. The molecular formula is C66H81Cl3N4O. The molecule has 0 saturated carbocycles. The largest absolute Gasteiger partial charge is 0.388 e. The highest BCUT2D eigenvalue weighted by atomic mass is 35.5. The molecule has 6 aromatic rings. The number of halogens is 3. The average Bonchev–Trinajstić information content (AvgIpc) is 1.24. The maximum Gasteiger partial charge on any atom is 0.0802 e. The molecule has 6 aliphatic rings. The second-order valence-electron chi connectivity index (χ2n) is 22.2. The van der Waals surface area contributed by atoms with Gasteiger partial charge in [0.15, 0.2) is 0 Å². The highest BCUT2D eigenvalue weighted by Gasteiger charge is 2.41. The van der Waals surface area contributed by atoms with E-state index in [1.165, 1.54) is 0 Å². The van der Waals surface area contributed by atoms with Crippen LogP contribution in [0, 0.1) is 10.8 Å². The van der Waals surface area contributed by atoms with E-state index in [-0.39, 0.29) is 120 Å². The van der Waals surface area contributed by atoms with E-state index in [1.807, 2.05) is 17.0 Å². The van der Waals surface area contributed by atoms with Gasteiger partial charge in [0.25, 0.3) is 0 Å². The quantitative estimate of drug-likeness (QED) is 0.180. The number of likely N-dealkylation sites (N-methyl/N-ethyl adjacent to an activating group) is 1. The van der Waals surface area contributed by atoms with E-state index in [2.05, 4.69) is 37.9 Å². The molecule has 0 radical (unpaired) electrons. The fourth-order valence-corrected chi connectivity index (χ4v) is 11.8. The Morgan fingerprint density at radius 3 is 1.43 bits per heavy atom. The maximum absolute atomic E-state index is 10.2. The first kappa shape index (κ1) is 32.0. The molecule has 6 atom stereocenters. The predicted octanol–water partition coefficient (Wildman–Crippen LogP) is 16.3. The van der Waals surface area contributed by atoms with E-state index >= 15 is 0 Å². The molecule has 6 aromatic carbocycles. The van der Waals surface area contributed by atoms with Crippen molar-refractivity contribution in [3.05, 3.63) is 210 Å². The summed E-state index contributed by atoms with van der Waals surface area (Å²) >= 11 is 18.6. The van der Waals surface area contributed by atoms with Crippen molar-refractivity contribution in [1.82, 2.24) is 20.0 Å². The summed E-state index contributed by atoms with van der Waals surface area (Å²) in [5.41, 5.74) is 4.47. The van der Waals surface area contributed by atoms with E-state index in [1.54, 1.807) is 56.3 Å². The first-order chi connectivity index (χ1) is 45.0. The number of hydrogen-bond acceptors (Lipinski definition) is 5. The van der Waals surface area contributed by atoms with Gasteiger partial charge in [0.2, 0.25) is 0 Å². The van der Waals surface area contributed by atoms with Gasteiger partial charge in [-0.2, -0.15) is 0 Å². The van der Waals surface area contributed by atoms with Crippen LogP contribution in [0.1, 0.15) is 205 Å². The van der Waals surface area contributed by atoms with Gasteiger partial charge in [-0.3, -0.25) is 14.7 Å². The summed E-state index contributed by atoms with van der Waals surface area (Å²) in [6.45, 7) is 9.50. The summed E-state index contributed by atoms with van der Waals surface area (Å²) in [7, 11) is 0. The lowest BCUT2D eigenvalue weighted by Crippen LogP contribution is -2.58. The minimum absolute atomic E-state index is 0.127. The van der Waals surface area contributed by atoms with Gasteiger partial charge in [-0.05, 0) is 176 Å². The lowest BCUT2D eigenvalue weighted by atomic mass is 9.83. The second kappa shape index (κ2) is 23.7. The Morgan fingerprint density at radius 2 is 1.00 bits per heavy atom. The Morgan fingerprint density at radius 1 is 0.554 bits per heavy atom. The van der Waals surface area contributed by atoms with Gasteiger partial charge < -0.3 is 10.4 Å². The van der Waals surface area contributed by atoms with Crippen molar-refractivity contribution in [2.75, 3.05) is 52.7 Å². The third kappa shape index (κ3) is 13.0. The van der Waals surface area contributed by atoms with E-state index in [4.69, 9.17) is 67.7 Å². The standard InChI is InChI=1S/C22H27ClN2.C22H26ClN.C15H13ClO.C7H15N/c1-22(2)15-25(12-11-24(22)3)21-14-19(16-7-5-4-6-8-16)18-10-9-17(23)13-20(18)21;1-22(2)11-6-12-24(15-22)21-14-19(16-7-4-3-5-8-16)18-10-9-17(23)13-20(18)21;16-11-6-7-12-13(9-15(17)14(12)8-11)10-4-2-1-3-5-10;1-7(2)4-3-5-8-6-7/h4-10,13,19,21H,11-12,14-15H2,1-3H3;3-5,7-10,13,19,21H,6,11-12,14-15H2,1-2H3;1-8,13,15,17H,9H2;8H,3-6H2,1-2H3/t2*19-,21+;13-,15-;/m000./s1/i3D3,4D,5D,6D,7D,8D,11D2;3D,4D,5D,6D2,7D,8D;1D,2D,3D,4D,5D;3D2. The molecule has 0 spiro atoms. The zero-order valence-corrected chi connectivity index (χ0v) is 45.1. The topological polar surface area (TPSA) is 42.0 Å². The van der Waals surface area contributed by atoms with Crippen LogP contribution in [0.2, 0.25) is 15.1 Å². The second-order valence-corrected chi connectivity index (χ2v) is 23.6. The van der Waals surface area contributed by atoms with E-state index in [0.717, 1.165) is 45.8 Å². The number of hydrogen-bond donors (Lipinski definition) is 2. The van der Waals surface area contributed by atoms with Gasteiger partial charge >= 0.3 is 0 Å². The Bertz CT molecular complexity index is 3940. The fourth-order valence-electron chi connectivity index (χ4n) is 11.3. The Balaban J connectivity index is 0.000000163. The molecule has 0 bridgehead atoms. The van der Waals surface area contributed by atoms with Gasteiger partial charge in [-0.25, -0.2) is 0 Å². The third-order valence-electron chi connectivity index (χ3n) is 14.8. The van der Waals surface area contributed by atoms with Gasteiger partial charge in [0.05, 0.1) is 26.7 Å². The number of nitrogens with zero attached hydrogens (tertiary/aromatic N) is 3. The number of rotatable bonds is 5. The Labute approximate surface area is 493 Å². The van der Waals surface area contributed by atoms with Gasteiger partial charge in [-0.1, -0.05) is 171 Å². The molecule has 12 rings (SSSR count). The molecule has 3 aliphatic heterocycles. The molecular weight excluding hydrogens is 971 g/mol. The summed E-state index contributed by atoms with van der Waals surface area (Å²) < 4.78 is 194. The van der Waals surface area contributed by atoms with E-state index < -0.39 is 79.9 Å². The maximum atomic E-state index is 10.2. The molecule has 0 unspecified atom stereocenters. The van der Waals surface area contributed by atoms with Crippen LogP contribution in [0.5, 0.6) is 0 Å². The van der Waals surface area contributed by atoms with Gasteiger partial charge in [-0.15, -0.1) is 0 Å². The normalized spacial score (nSPS) is 32.5. The van der Waals surface area contributed by atoms with Crippen molar-refractivity contribution >= 4 is 34.8 Å². The number of nitrogens with one attached hydrogen (secondary N) is 1. The van der Waals surface area contributed by atoms with Crippen molar-refractivity contribution in [3.63, 3.8) is 0 Å². The monoisotopic (exact) mass is 1070 g/mol. The van der Waals surface area contributed by atoms with Crippen LogP contribution < -0.4 is 5.32 Å². The highest BCUT2D eigenvalue weighted by molar-refractivity contribution is 6.31. The molecule has 3 heterocycles. The molecule has 5 nitrogen and oxygen atoms in total. The van der Waals surface area contributed by atoms with Crippen molar-refractivity contribution < 1.29 is 38.0 Å². The number of benzene rings is 6. The number of piperazine rings is 1. The van der Waals surface area contributed by atoms with Gasteiger partial charge in [0, 0.05) is 95.5 Å². The van der Waals surface area contributed by atoms with Crippen LogP contribution in [0.15, 0.2) is 145 Å². The van der Waals surface area contributed by atoms with Crippen molar-refractivity contribution in [2.24, 2.45) is 10.8 Å². The van der Waals surface area contributed by atoms with Crippen molar-refractivity contribution in [2.45, 2.75) is 128 Å². The van der Waals surface area contributed by atoms with Crippen LogP contribution in [-0.4, -0.2) is 78.1 Å². The highest BCUT2D eigenvalue weighted by Crippen LogP contribution is 2.51. The summed E-state index contributed by atoms with van der Waals surface area (Å²) in [5, 5.41) is 14.8. The first-order valence-electron chi connectivity index (χ1n) is 37.3. The molecule has 74 heavy (non-hydrogen) atoms. The Kier molecular flexibility index (Phi) is 10.3. The third-order valence-corrected chi connectivity index (χ3v) is 15.6. The van der Waals surface area contributed by atoms with Crippen LogP contribution in [0.3, 0.4) is 0 Å². The van der Waals surface area contributed by atoms with E-state index in [9.17, 15) is 5.11 Å². The molecule has 3 aliphatic carbocycles. The lowest BCUT2D eigenvalue weighted by molar-refractivity contribution is 0.0158. The average molecular weight is 1080 g/mol. The first-order valence-corrected chi connectivity index (χ1v) is 26.4. The number of piperidine rings is 2.